The van der Waals surface area contributed by atoms with Gasteiger partial charge in [0, 0.05) is 36.1 Å². The predicted molar refractivity (Wildman–Crippen MR) is 103 cm³/mol. The zero-order chi connectivity index (χ0) is 16.1. The van der Waals surface area contributed by atoms with Crippen molar-refractivity contribution in [2.75, 3.05) is 6.54 Å². The zero-order valence-electron chi connectivity index (χ0n) is 13.8. The fourth-order valence-corrected chi connectivity index (χ4v) is 2.50. The first-order valence-corrected chi connectivity index (χ1v) is 7.89. The van der Waals surface area contributed by atoms with Crippen LogP contribution in [0.1, 0.15) is 28.8 Å². The number of carbonyl (C=O) groups excluding carboxylic acids is 1. The summed E-state index contributed by atoms with van der Waals surface area (Å²) in [7, 11) is 0. The first-order chi connectivity index (χ1) is 11.3. The van der Waals surface area contributed by atoms with Gasteiger partial charge in [-0.05, 0) is 43.0 Å². The second-order valence-electron chi connectivity index (χ2n) is 5.83. The molecule has 1 atom stereocenters. The first-order valence-electron chi connectivity index (χ1n) is 7.89. The Bertz CT molecular complexity index is 666. The van der Waals surface area contributed by atoms with E-state index in [1.165, 1.54) is 0 Å². The summed E-state index contributed by atoms with van der Waals surface area (Å²) < 4.78 is 5.73. The molecule has 1 saturated carbocycles. The van der Waals surface area contributed by atoms with Gasteiger partial charge in [0.05, 0.1) is 0 Å². The molecule has 0 aliphatic heterocycles. The molecule has 2 aromatic rings. The van der Waals surface area contributed by atoms with Crippen LogP contribution in [-0.2, 0) is 6.61 Å². The molecular formula is C18H23Cl2N3O2. The van der Waals surface area contributed by atoms with Crippen LogP contribution in [0.2, 0.25) is 0 Å². The van der Waals surface area contributed by atoms with Crippen molar-refractivity contribution in [1.82, 2.24) is 10.3 Å². The monoisotopic (exact) mass is 383 g/mol. The van der Waals surface area contributed by atoms with E-state index in [1.807, 2.05) is 24.3 Å². The number of pyridine rings is 1. The maximum absolute atomic E-state index is 12.3. The Kier molecular flexibility index (Phi) is 8.69. The smallest absolute Gasteiger partial charge is 0.251 e. The van der Waals surface area contributed by atoms with Crippen LogP contribution in [0.15, 0.2) is 48.8 Å². The first kappa shape index (κ1) is 21.2. The molecule has 25 heavy (non-hydrogen) atoms. The van der Waals surface area contributed by atoms with Crippen molar-refractivity contribution >= 4 is 30.7 Å². The number of benzene rings is 1. The second-order valence-corrected chi connectivity index (χ2v) is 5.83. The molecule has 1 aliphatic rings. The summed E-state index contributed by atoms with van der Waals surface area (Å²) in [6.07, 6.45) is 5.78. The average Bonchev–Trinajstić information content (AvgIpc) is 3.44. The molecule has 0 saturated heterocycles. The van der Waals surface area contributed by atoms with Crippen molar-refractivity contribution in [3.8, 4) is 5.75 Å². The van der Waals surface area contributed by atoms with E-state index in [2.05, 4.69) is 10.3 Å². The fourth-order valence-electron chi connectivity index (χ4n) is 2.50. The number of carbonyl (C=O) groups is 1. The van der Waals surface area contributed by atoms with Crippen LogP contribution in [0.5, 0.6) is 5.75 Å². The number of aromatic nitrogens is 1. The SMILES string of the molecule is Cl.Cl.NCC(NC(=O)c1cccc(OCc2cccnc2)c1)C1CC1. The number of hydrogen-bond donors (Lipinski definition) is 2. The zero-order valence-corrected chi connectivity index (χ0v) is 15.4. The number of amides is 1. The normalized spacial score (nSPS) is 13.8. The van der Waals surface area contributed by atoms with Crippen molar-refractivity contribution in [2.24, 2.45) is 11.7 Å². The lowest BCUT2D eigenvalue weighted by Gasteiger charge is -2.16. The highest BCUT2D eigenvalue weighted by Gasteiger charge is 2.31. The topological polar surface area (TPSA) is 77.2 Å². The molecule has 7 heteroatoms. The van der Waals surface area contributed by atoms with E-state index in [4.69, 9.17) is 10.5 Å². The standard InChI is InChI=1S/C18H21N3O2.2ClH/c19-10-17(14-6-7-14)21-18(22)15-4-1-5-16(9-15)23-12-13-3-2-8-20-11-13;;/h1-5,8-9,11,14,17H,6-7,10,12,19H2,(H,21,22);2*1H. The van der Waals surface area contributed by atoms with E-state index in [9.17, 15) is 4.79 Å². The largest absolute Gasteiger partial charge is 0.489 e. The quantitative estimate of drug-likeness (QED) is 0.770. The van der Waals surface area contributed by atoms with Gasteiger partial charge in [-0.25, -0.2) is 0 Å². The van der Waals surface area contributed by atoms with E-state index >= 15 is 0 Å². The molecule has 1 heterocycles. The maximum atomic E-state index is 12.3. The van der Waals surface area contributed by atoms with Gasteiger partial charge < -0.3 is 15.8 Å². The van der Waals surface area contributed by atoms with Gasteiger partial charge in [0.2, 0.25) is 0 Å². The molecule has 1 fully saturated rings. The summed E-state index contributed by atoms with van der Waals surface area (Å²) >= 11 is 0. The Morgan fingerprint density at radius 1 is 1.28 bits per heavy atom. The molecule has 1 aliphatic carbocycles. The molecule has 3 N–H and O–H groups in total. The molecule has 5 nitrogen and oxygen atoms in total. The number of rotatable bonds is 7. The van der Waals surface area contributed by atoms with E-state index in [0.717, 1.165) is 18.4 Å². The number of ether oxygens (including phenoxy) is 1. The summed E-state index contributed by atoms with van der Waals surface area (Å²) in [4.78, 5) is 16.4. The van der Waals surface area contributed by atoms with Gasteiger partial charge in [-0.15, -0.1) is 24.8 Å². The van der Waals surface area contributed by atoms with Crippen LogP contribution < -0.4 is 15.8 Å². The Balaban J connectivity index is 0.00000156. The Morgan fingerprint density at radius 2 is 2.08 bits per heavy atom. The molecule has 1 aromatic carbocycles. The third-order valence-corrected chi connectivity index (χ3v) is 3.99. The van der Waals surface area contributed by atoms with Gasteiger partial charge in [0.15, 0.2) is 0 Å². The predicted octanol–water partition coefficient (Wildman–Crippen LogP) is 2.97. The van der Waals surface area contributed by atoms with Crippen molar-refractivity contribution in [3.63, 3.8) is 0 Å². The van der Waals surface area contributed by atoms with Gasteiger partial charge in [-0.3, -0.25) is 9.78 Å². The fraction of sp³-hybridized carbons (Fsp3) is 0.333. The van der Waals surface area contributed by atoms with Gasteiger partial charge in [0.1, 0.15) is 12.4 Å². The summed E-state index contributed by atoms with van der Waals surface area (Å²) in [5, 5.41) is 3.02. The van der Waals surface area contributed by atoms with Crippen LogP contribution in [0.4, 0.5) is 0 Å². The van der Waals surface area contributed by atoms with Gasteiger partial charge in [0.25, 0.3) is 5.91 Å². The van der Waals surface area contributed by atoms with Crippen LogP contribution >= 0.6 is 24.8 Å². The second kappa shape index (κ2) is 10.2. The highest BCUT2D eigenvalue weighted by molar-refractivity contribution is 5.94. The molecule has 1 amide bonds. The minimum absolute atomic E-state index is 0. The minimum Gasteiger partial charge on any atom is -0.489 e. The van der Waals surface area contributed by atoms with Crippen molar-refractivity contribution in [3.05, 3.63) is 59.9 Å². The lowest BCUT2D eigenvalue weighted by atomic mass is 10.1. The Morgan fingerprint density at radius 3 is 2.72 bits per heavy atom. The maximum Gasteiger partial charge on any atom is 0.251 e. The molecule has 136 valence electrons. The van der Waals surface area contributed by atoms with E-state index in [0.29, 0.717) is 30.4 Å². The molecule has 1 aromatic heterocycles. The summed E-state index contributed by atoms with van der Waals surface area (Å²) in [6.45, 7) is 0.903. The van der Waals surface area contributed by atoms with Crippen molar-refractivity contribution in [2.45, 2.75) is 25.5 Å². The van der Waals surface area contributed by atoms with Crippen LogP contribution in [0, 0.1) is 5.92 Å². The molecular weight excluding hydrogens is 361 g/mol. The van der Waals surface area contributed by atoms with E-state index in [-0.39, 0.29) is 36.8 Å². The number of nitrogens with zero attached hydrogens (tertiary/aromatic N) is 1. The highest BCUT2D eigenvalue weighted by Crippen LogP contribution is 2.32. The van der Waals surface area contributed by atoms with E-state index < -0.39 is 0 Å². The van der Waals surface area contributed by atoms with E-state index in [1.54, 1.807) is 24.5 Å². The third-order valence-electron chi connectivity index (χ3n) is 3.99. The third kappa shape index (κ3) is 6.20. The summed E-state index contributed by atoms with van der Waals surface area (Å²) in [6, 6.07) is 11.1. The number of nitrogens with two attached hydrogens (primary N) is 1. The lowest BCUT2D eigenvalue weighted by molar-refractivity contribution is 0.0933. The van der Waals surface area contributed by atoms with Gasteiger partial charge in [-0.2, -0.15) is 0 Å². The number of hydrogen-bond acceptors (Lipinski definition) is 4. The highest BCUT2D eigenvalue weighted by atomic mass is 35.5. The molecule has 0 radical (unpaired) electrons. The van der Waals surface area contributed by atoms with Crippen molar-refractivity contribution in [1.29, 1.82) is 0 Å². The molecule has 0 bridgehead atoms. The summed E-state index contributed by atoms with van der Waals surface area (Å²) in [5.41, 5.74) is 7.31. The molecule has 1 unspecified atom stereocenters. The van der Waals surface area contributed by atoms with Gasteiger partial charge >= 0.3 is 0 Å². The summed E-state index contributed by atoms with van der Waals surface area (Å²) in [5.74, 6) is 1.10. The number of nitrogens with one attached hydrogen (secondary N) is 1. The number of halogens is 2. The lowest BCUT2D eigenvalue weighted by Crippen LogP contribution is -2.41. The Hall–Kier alpha value is -1.82. The average molecular weight is 384 g/mol. The van der Waals surface area contributed by atoms with Crippen LogP contribution in [0.3, 0.4) is 0 Å². The van der Waals surface area contributed by atoms with Crippen molar-refractivity contribution < 1.29 is 9.53 Å². The Labute approximate surface area is 160 Å². The van der Waals surface area contributed by atoms with Crippen LogP contribution in [-0.4, -0.2) is 23.5 Å². The minimum atomic E-state index is -0.0980. The van der Waals surface area contributed by atoms with Gasteiger partial charge in [-0.1, -0.05) is 12.1 Å². The molecule has 3 rings (SSSR count). The molecule has 0 spiro atoms. The van der Waals surface area contributed by atoms with Crippen LogP contribution in [0.25, 0.3) is 0 Å².